The summed E-state index contributed by atoms with van der Waals surface area (Å²) in [5.41, 5.74) is 0. The molecule has 41 heavy (non-hydrogen) atoms. The number of rotatable bonds is 7. The Kier molecular flexibility index (Phi) is 161. The number of aliphatic hydroxyl groups excluding tert-OH is 6. The van der Waals surface area contributed by atoms with Crippen molar-refractivity contribution >= 4 is 41.8 Å². The van der Waals surface area contributed by atoms with Crippen molar-refractivity contribution < 1.29 is 286 Å². The maximum absolute atomic E-state index is 9.25. The molecule has 0 saturated heterocycles. The van der Waals surface area contributed by atoms with Crippen LogP contribution in [-0.2, 0) is 33.6 Å². The summed E-state index contributed by atoms with van der Waals surface area (Å²) in [7, 11) is 0. The first-order chi connectivity index (χ1) is 15.9. The van der Waals surface area contributed by atoms with Crippen LogP contribution in [0.5, 0.6) is 0 Å². The van der Waals surface area contributed by atoms with Crippen molar-refractivity contribution in [3.05, 3.63) is 12.7 Å². The zero-order valence-electron chi connectivity index (χ0n) is 29.7. The van der Waals surface area contributed by atoms with Crippen molar-refractivity contribution in [2.45, 2.75) is 0 Å². The average molecular weight is 672 g/mol. The Labute approximate surface area is 374 Å². The third kappa shape index (κ3) is 265. The summed E-state index contributed by atoms with van der Waals surface area (Å²) in [6.45, 7) is -1.71. The molecule has 20 nitrogen and oxygen atoms in total. The summed E-state index contributed by atoms with van der Waals surface area (Å²) < 4.78 is 0. The fourth-order valence-electron chi connectivity index (χ4n) is 0. The zero-order valence-corrected chi connectivity index (χ0v) is 35.7. The second kappa shape index (κ2) is 78.3. The van der Waals surface area contributed by atoms with E-state index >= 15 is 0 Å². The second-order valence-electron chi connectivity index (χ2n) is 3.85. The fraction of sp³-hybridized carbons (Fsp3) is 0.400. The molecule has 0 spiro atoms. The van der Waals surface area contributed by atoms with E-state index in [-0.39, 0.29) is 186 Å². The molecule has 0 aliphatic carbocycles. The van der Waals surface area contributed by atoms with Crippen LogP contribution in [0.3, 0.4) is 0 Å². The van der Waals surface area contributed by atoms with Gasteiger partial charge in [-0.05, 0) is 0 Å². The van der Waals surface area contributed by atoms with Crippen LogP contribution in [0.15, 0.2) is 12.7 Å². The molecule has 0 fully saturated rings. The van der Waals surface area contributed by atoms with E-state index in [1.165, 1.54) is 0 Å². The van der Waals surface area contributed by atoms with E-state index in [4.69, 9.17) is 95.2 Å². The van der Waals surface area contributed by atoms with E-state index in [0.717, 1.165) is 6.08 Å². The van der Waals surface area contributed by atoms with Gasteiger partial charge in [-0.1, -0.05) is 6.58 Å². The van der Waals surface area contributed by atoms with E-state index in [2.05, 4.69) is 6.58 Å². The maximum Gasteiger partial charge on any atom is 1.00 e. The summed E-state index contributed by atoms with van der Waals surface area (Å²) in [5.74, 6) is -8.12. The Balaban J connectivity index is -0.0000000110. The molecule has 26 heteroatoms. The fourth-order valence-corrected chi connectivity index (χ4v) is 0. The Bertz CT molecular complexity index is 525. The van der Waals surface area contributed by atoms with Crippen LogP contribution in [-0.4, -0.2) is 148 Å². The molecule has 0 heterocycles. The summed E-state index contributed by atoms with van der Waals surface area (Å²) in [6, 6.07) is 0. The standard InChI is InChI=1S/C3H4O2.6C2H4O3.6Na.6H/c1-2-3(4)5;6*3-1-2(4)5;;;;;;;;;;;;/h2H,1H2,(H,4,5);6*3H,1H2,(H,4,5);;;;;;;;;;;;/q;;;;;;;6*+1;6*-1. The predicted octanol–water partition coefficient (Wildman–Crippen LogP) is -22.7. The number of aliphatic carboxylic acids is 7. The minimum atomic E-state index is -1.19. The second-order valence-corrected chi connectivity index (χ2v) is 3.85. The molecule has 220 valence electrons. The van der Waals surface area contributed by atoms with Gasteiger partial charge in [0.25, 0.3) is 0 Å². The number of hydrogen-bond donors (Lipinski definition) is 13. The van der Waals surface area contributed by atoms with Crippen LogP contribution in [0.1, 0.15) is 8.56 Å². The molecule has 0 aromatic rings. The Morgan fingerprint density at radius 2 is 0.439 bits per heavy atom. The van der Waals surface area contributed by atoms with E-state index in [1.54, 1.807) is 0 Å². The maximum atomic E-state index is 9.25. The number of aliphatic hydroxyl groups is 6. The first kappa shape index (κ1) is 84.2. The first-order valence-electron chi connectivity index (χ1n) is 7.71. The largest absolute Gasteiger partial charge is 1.00 e. The third-order valence-electron chi connectivity index (χ3n) is 0.986. The first-order valence-corrected chi connectivity index (χ1v) is 7.71. The van der Waals surface area contributed by atoms with Crippen LogP contribution in [0.2, 0.25) is 0 Å². The minimum Gasteiger partial charge on any atom is -1.00 e. The van der Waals surface area contributed by atoms with Gasteiger partial charge < -0.3 is 74.9 Å². The van der Waals surface area contributed by atoms with Gasteiger partial charge >= 0.3 is 219 Å². The smallest absolute Gasteiger partial charge is 1.00 e. The van der Waals surface area contributed by atoms with Crippen molar-refractivity contribution in [1.29, 1.82) is 0 Å². The molecular weight excluding hydrogens is 638 g/mol. The monoisotopic (exact) mass is 672 g/mol. The van der Waals surface area contributed by atoms with Gasteiger partial charge in [0.2, 0.25) is 0 Å². The van der Waals surface area contributed by atoms with Crippen molar-refractivity contribution in [3.8, 4) is 0 Å². The van der Waals surface area contributed by atoms with E-state index in [0.29, 0.717) is 0 Å². The molecule has 0 aromatic heterocycles. The van der Waals surface area contributed by atoms with Gasteiger partial charge in [0, 0.05) is 6.08 Å². The summed E-state index contributed by atoms with van der Waals surface area (Å²) in [4.78, 5) is 64.0. The zero-order chi connectivity index (χ0) is 30.0. The Morgan fingerprint density at radius 3 is 0.439 bits per heavy atom. The third-order valence-corrected chi connectivity index (χ3v) is 0.986. The molecule has 0 aliphatic rings. The van der Waals surface area contributed by atoms with E-state index in [1.807, 2.05) is 0 Å². The van der Waals surface area contributed by atoms with Gasteiger partial charge in [0.15, 0.2) is 0 Å². The Hall–Kier alpha value is 1.79. The van der Waals surface area contributed by atoms with Crippen molar-refractivity contribution in [1.82, 2.24) is 0 Å². The van der Waals surface area contributed by atoms with Crippen molar-refractivity contribution in [2.24, 2.45) is 0 Å². The molecule has 0 unspecified atom stereocenters. The van der Waals surface area contributed by atoms with E-state index < -0.39 is 81.4 Å². The molecular formula is C15H34Na6O20. The van der Waals surface area contributed by atoms with Crippen LogP contribution in [0, 0.1) is 0 Å². The summed E-state index contributed by atoms with van der Waals surface area (Å²) >= 11 is 0. The molecule has 0 amide bonds. The SMILES string of the molecule is C=CC(=O)O.O=C(O)CO.O=C(O)CO.O=C(O)CO.O=C(O)CO.O=C(O)CO.O=C(O)CO.[H-].[H-].[H-].[H-].[H-].[H-].[Na+].[Na+].[Na+].[Na+].[Na+].[Na+]. The van der Waals surface area contributed by atoms with Gasteiger partial charge in [0.05, 0.1) is 0 Å². The Morgan fingerprint density at radius 1 is 0.390 bits per heavy atom. The topological polar surface area (TPSA) is 382 Å². The molecule has 0 radical (unpaired) electrons. The van der Waals surface area contributed by atoms with Gasteiger partial charge in [0.1, 0.15) is 39.6 Å². The number of carbonyl (C=O) groups is 7. The minimum absolute atomic E-state index is 0. The van der Waals surface area contributed by atoms with Gasteiger partial charge in [-0.15, -0.1) is 0 Å². The van der Waals surface area contributed by atoms with Crippen LogP contribution < -0.4 is 177 Å². The van der Waals surface area contributed by atoms with Crippen molar-refractivity contribution in [3.63, 3.8) is 0 Å². The summed E-state index contributed by atoms with van der Waals surface area (Å²) in [5, 5.41) is 97.7. The van der Waals surface area contributed by atoms with Crippen LogP contribution in [0.4, 0.5) is 0 Å². The van der Waals surface area contributed by atoms with E-state index in [9.17, 15) is 4.79 Å². The molecule has 0 saturated carbocycles. The molecule has 0 aromatic carbocycles. The average Bonchev–Trinajstić information content (AvgIpc) is 2.80. The molecule has 0 atom stereocenters. The number of carboxylic acids is 7. The van der Waals surface area contributed by atoms with Crippen LogP contribution in [0.25, 0.3) is 0 Å². The molecule has 0 bridgehead atoms. The number of hydrogen-bond acceptors (Lipinski definition) is 13. The number of carboxylic acid groups (broad SMARTS) is 7. The predicted molar refractivity (Wildman–Crippen MR) is 113 cm³/mol. The van der Waals surface area contributed by atoms with Gasteiger partial charge in [-0.2, -0.15) is 0 Å². The van der Waals surface area contributed by atoms with Gasteiger partial charge in [-0.25, -0.2) is 33.6 Å². The quantitative estimate of drug-likeness (QED) is 0.0881. The molecule has 0 aliphatic heterocycles. The van der Waals surface area contributed by atoms with Crippen LogP contribution >= 0.6 is 0 Å². The van der Waals surface area contributed by atoms with Gasteiger partial charge in [-0.3, -0.25) is 0 Å². The summed E-state index contributed by atoms with van der Waals surface area (Å²) in [6.07, 6.45) is 0.833. The van der Waals surface area contributed by atoms with Crippen molar-refractivity contribution in [2.75, 3.05) is 39.6 Å². The normalized spacial score (nSPS) is 6.20. The molecule has 13 N–H and O–H groups in total. The molecule has 0 rings (SSSR count).